The lowest BCUT2D eigenvalue weighted by molar-refractivity contribution is -0.00923. The third-order valence-corrected chi connectivity index (χ3v) is 4.68. The number of nitrogens with one attached hydrogen (secondary N) is 1. The van der Waals surface area contributed by atoms with E-state index in [9.17, 15) is 4.79 Å². The Balaban J connectivity index is 2.01. The van der Waals surface area contributed by atoms with Crippen LogP contribution in [0, 0.1) is 0 Å². The van der Waals surface area contributed by atoms with Crippen LogP contribution in [0.25, 0.3) is 0 Å². The van der Waals surface area contributed by atoms with Crippen LogP contribution in [0.4, 0.5) is 0 Å². The second kappa shape index (κ2) is 10.5. The molecular weight excluding hydrogens is 344 g/mol. The van der Waals surface area contributed by atoms with Crippen LogP contribution < -0.4 is 14.8 Å². The predicted molar refractivity (Wildman–Crippen MR) is 107 cm³/mol. The van der Waals surface area contributed by atoms with Crippen LogP contribution in [0.1, 0.15) is 50.9 Å². The molecule has 152 valence electrons. The highest BCUT2D eigenvalue weighted by molar-refractivity contribution is 5.94. The van der Waals surface area contributed by atoms with E-state index in [2.05, 4.69) is 37.9 Å². The van der Waals surface area contributed by atoms with E-state index >= 15 is 0 Å². The number of hydrogen-bond acceptors (Lipinski definition) is 5. The lowest BCUT2D eigenvalue weighted by Gasteiger charge is -2.40. The topological polar surface area (TPSA) is 60.0 Å². The Morgan fingerprint density at radius 1 is 1.11 bits per heavy atom. The van der Waals surface area contributed by atoms with E-state index in [1.807, 2.05) is 6.07 Å². The van der Waals surface area contributed by atoms with Gasteiger partial charge < -0.3 is 19.5 Å². The number of ether oxygens (including phenoxy) is 3. The van der Waals surface area contributed by atoms with Crippen molar-refractivity contribution in [2.75, 3.05) is 46.1 Å². The summed E-state index contributed by atoms with van der Waals surface area (Å²) in [7, 11) is 0. The zero-order chi connectivity index (χ0) is 19.7. The molecule has 1 aromatic carbocycles. The summed E-state index contributed by atoms with van der Waals surface area (Å²) in [4.78, 5) is 15.0. The van der Waals surface area contributed by atoms with Crippen LogP contribution in [-0.4, -0.2) is 62.4 Å². The second-order valence-corrected chi connectivity index (χ2v) is 7.45. The number of benzene rings is 1. The zero-order valence-electron chi connectivity index (χ0n) is 17.2. The van der Waals surface area contributed by atoms with Gasteiger partial charge in [-0.25, -0.2) is 0 Å². The van der Waals surface area contributed by atoms with Gasteiger partial charge in [-0.15, -0.1) is 0 Å². The van der Waals surface area contributed by atoms with Crippen molar-refractivity contribution >= 4 is 5.91 Å². The van der Waals surface area contributed by atoms with E-state index < -0.39 is 0 Å². The van der Waals surface area contributed by atoms with Crippen molar-refractivity contribution in [1.82, 2.24) is 10.2 Å². The quantitative estimate of drug-likeness (QED) is 0.678. The van der Waals surface area contributed by atoms with E-state index in [-0.39, 0.29) is 11.4 Å². The standard InChI is InChI=1S/C21H34N2O4/c1-5-11-26-18-8-7-17(15-19(18)27-12-6-2)20(24)22-16-21(3,4)23-9-13-25-14-10-23/h7-8,15H,5-6,9-14,16H2,1-4H3,(H,22,24). The molecule has 0 aliphatic carbocycles. The zero-order valence-corrected chi connectivity index (χ0v) is 17.2. The van der Waals surface area contributed by atoms with E-state index in [4.69, 9.17) is 14.2 Å². The van der Waals surface area contributed by atoms with Crippen LogP contribution in [0.5, 0.6) is 11.5 Å². The number of hydrogen-bond donors (Lipinski definition) is 1. The summed E-state index contributed by atoms with van der Waals surface area (Å²) in [5.74, 6) is 1.22. The van der Waals surface area contributed by atoms with Crippen molar-refractivity contribution in [3.8, 4) is 11.5 Å². The van der Waals surface area contributed by atoms with Crippen molar-refractivity contribution in [2.24, 2.45) is 0 Å². The molecule has 0 radical (unpaired) electrons. The summed E-state index contributed by atoms with van der Waals surface area (Å²) in [5.41, 5.74) is 0.466. The molecule has 1 aliphatic heterocycles. The maximum absolute atomic E-state index is 12.7. The highest BCUT2D eigenvalue weighted by atomic mass is 16.5. The molecule has 1 saturated heterocycles. The Morgan fingerprint density at radius 3 is 2.37 bits per heavy atom. The van der Waals surface area contributed by atoms with Gasteiger partial charge in [-0.3, -0.25) is 9.69 Å². The van der Waals surface area contributed by atoms with E-state index in [1.54, 1.807) is 12.1 Å². The van der Waals surface area contributed by atoms with Gasteiger partial charge in [0.25, 0.3) is 5.91 Å². The van der Waals surface area contributed by atoms with Crippen LogP contribution in [0.3, 0.4) is 0 Å². The van der Waals surface area contributed by atoms with Crippen LogP contribution in [-0.2, 0) is 4.74 Å². The van der Waals surface area contributed by atoms with Gasteiger partial charge in [0.05, 0.1) is 26.4 Å². The second-order valence-electron chi connectivity index (χ2n) is 7.45. The summed E-state index contributed by atoms with van der Waals surface area (Å²) >= 11 is 0. The molecule has 0 spiro atoms. The van der Waals surface area contributed by atoms with Gasteiger partial charge in [0.2, 0.25) is 0 Å². The minimum Gasteiger partial charge on any atom is -0.490 e. The molecule has 6 nitrogen and oxygen atoms in total. The van der Waals surface area contributed by atoms with Gasteiger partial charge in [0, 0.05) is 30.7 Å². The molecule has 1 N–H and O–H groups in total. The Labute approximate surface area is 163 Å². The van der Waals surface area contributed by atoms with Gasteiger partial charge in [-0.05, 0) is 44.9 Å². The number of nitrogens with zero attached hydrogens (tertiary/aromatic N) is 1. The fourth-order valence-corrected chi connectivity index (χ4v) is 2.98. The molecular formula is C21H34N2O4. The molecule has 0 saturated carbocycles. The first kappa shape index (κ1) is 21.5. The van der Waals surface area contributed by atoms with Crippen molar-refractivity contribution in [1.29, 1.82) is 0 Å². The van der Waals surface area contributed by atoms with Crippen LogP contribution >= 0.6 is 0 Å². The minimum absolute atomic E-state index is 0.0975. The van der Waals surface area contributed by atoms with E-state index in [1.165, 1.54) is 0 Å². The SMILES string of the molecule is CCCOc1ccc(C(=O)NCC(C)(C)N2CCOCC2)cc1OCCC. The highest BCUT2D eigenvalue weighted by Crippen LogP contribution is 2.29. The third-order valence-electron chi connectivity index (χ3n) is 4.68. The molecule has 1 heterocycles. The van der Waals surface area contributed by atoms with Gasteiger partial charge in [-0.1, -0.05) is 13.8 Å². The number of amides is 1. The highest BCUT2D eigenvalue weighted by Gasteiger charge is 2.28. The fraction of sp³-hybridized carbons (Fsp3) is 0.667. The van der Waals surface area contributed by atoms with Crippen LogP contribution in [0.2, 0.25) is 0 Å². The van der Waals surface area contributed by atoms with Crippen LogP contribution in [0.15, 0.2) is 18.2 Å². The average Bonchev–Trinajstić information content (AvgIpc) is 2.69. The fourth-order valence-electron chi connectivity index (χ4n) is 2.98. The predicted octanol–water partition coefficient (Wildman–Crippen LogP) is 3.10. The summed E-state index contributed by atoms with van der Waals surface area (Å²) < 4.78 is 16.9. The van der Waals surface area contributed by atoms with Crippen molar-refractivity contribution < 1.29 is 19.0 Å². The largest absolute Gasteiger partial charge is 0.490 e. The molecule has 1 aliphatic rings. The van der Waals surface area contributed by atoms with Crippen molar-refractivity contribution in [3.63, 3.8) is 0 Å². The molecule has 1 fully saturated rings. The normalized spacial score (nSPS) is 15.4. The number of rotatable bonds is 10. The maximum Gasteiger partial charge on any atom is 0.251 e. The third kappa shape index (κ3) is 6.40. The summed E-state index contributed by atoms with van der Waals surface area (Å²) in [5, 5.41) is 3.06. The van der Waals surface area contributed by atoms with Gasteiger partial charge >= 0.3 is 0 Å². The van der Waals surface area contributed by atoms with Gasteiger partial charge in [-0.2, -0.15) is 0 Å². The first-order valence-electron chi connectivity index (χ1n) is 9.98. The summed E-state index contributed by atoms with van der Waals surface area (Å²) in [6, 6.07) is 5.39. The molecule has 0 unspecified atom stereocenters. The summed E-state index contributed by atoms with van der Waals surface area (Å²) in [6.45, 7) is 13.5. The smallest absolute Gasteiger partial charge is 0.251 e. The lowest BCUT2D eigenvalue weighted by atomic mass is 10.0. The van der Waals surface area contributed by atoms with E-state index in [0.717, 1.165) is 39.1 Å². The molecule has 1 aromatic rings. The van der Waals surface area contributed by atoms with E-state index in [0.29, 0.717) is 36.8 Å². The van der Waals surface area contributed by atoms with Gasteiger partial charge in [0.1, 0.15) is 0 Å². The Kier molecular flexibility index (Phi) is 8.38. The van der Waals surface area contributed by atoms with Crippen molar-refractivity contribution in [3.05, 3.63) is 23.8 Å². The average molecular weight is 379 g/mol. The molecule has 0 bridgehead atoms. The maximum atomic E-state index is 12.7. The van der Waals surface area contributed by atoms with Crippen molar-refractivity contribution in [2.45, 2.75) is 46.1 Å². The summed E-state index contributed by atoms with van der Waals surface area (Å²) in [6.07, 6.45) is 1.82. The Bertz CT molecular complexity index is 598. The number of morpholine rings is 1. The molecule has 2 rings (SSSR count). The molecule has 0 aromatic heterocycles. The first-order chi connectivity index (χ1) is 13.0. The minimum atomic E-state index is -0.120. The monoisotopic (exact) mass is 378 g/mol. The first-order valence-corrected chi connectivity index (χ1v) is 9.98. The molecule has 0 atom stereocenters. The molecule has 27 heavy (non-hydrogen) atoms. The lowest BCUT2D eigenvalue weighted by Crippen LogP contribution is -2.55. The Morgan fingerprint density at radius 2 is 1.74 bits per heavy atom. The molecule has 1 amide bonds. The van der Waals surface area contributed by atoms with Gasteiger partial charge in [0.15, 0.2) is 11.5 Å². The number of carbonyl (C=O) groups excluding carboxylic acids is 1. The Hall–Kier alpha value is -1.79. The number of carbonyl (C=O) groups is 1. The molecule has 6 heteroatoms.